The summed E-state index contributed by atoms with van der Waals surface area (Å²) in [7, 11) is 0. The van der Waals surface area contributed by atoms with Crippen LogP contribution < -0.4 is 14.4 Å². The molecular weight excluding hydrogens is 302 g/mol. The van der Waals surface area contributed by atoms with Gasteiger partial charge in [0, 0.05) is 46.9 Å². The maximum absolute atomic E-state index is 10.4. The highest BCUT2D eigenvalue weighted by Crippen LogP contribution is 2.52. The number of likely N-dealkylation sites (N-methyl/N-ethyl adjacent to an activating group) is 1. The summed E-state index contributed by atoms with van der Waals surface area (Å²) < 4.78 is 11.2. The van der Waals surface area contributed by atoms with Crippen molar-refractivity contribution in [2.45, 2.75) is 25.1 Å². The Morgan fingerprint density at radius 1 is 1.41 bits per heavy atom. The van der Waals surface area contributed by atoms with Gasteiger partial charge in [0.25, 0.3) is 0 Å². The van der Waals surface area contributed by atoms with Crippen LogP contribution in [0, 0.1) is 0 Å². The SMILES string of the molecule is CCN1CC(C(C)Cl)c2c1cc(O)c1ccc3c(c21)OCO3. The van der Waals surface area contributed by atoms with E-state index in [9.17, 15) is 5.11 Å². The van der Waals surface area contributed by atoms with Gasteiger partial charge in [-0.15, -0.1) is 11.6 Å². The molecule has 2 aromatic carbocycles. The van der Waals surface area contributed by atoms with Gasteiger partial charge >= 0.3 is 0 Å². The first-order valence-electron chi connectivity index (χ1n) is 7.59. The van der Waals surface area contributed by atoms with Gasteiger partial charge in [-0.1, -0.05) is 0 Å². The van der Waals surface area contributed by atoms with E-state index in [2.05, 4.69) is 11.8 Å². The quantitative estimate of drug-likeness (QED) is 0.854. The molecule has 0 aliphatic carbocycles. The molecule has 2 atom stereocenters. The van der Waals surface area contributed by atoms with E-state index < -0.39 is 0 Å². The molecule has 0 saturated heterocycles. The molecule has 0 amide bonds. The van der Waals surface area contributed by atoms with E-state index in [0.29, 0.717) is 0 Å². The molecule has 2 aliphatic heterocycles. The number of phenolic OH excluding ortho intramolecular Hbond substituents is 1. The molecule has 5 heteroatoms. The summed E-state index contributed by atoms with van der Waals surface area (Å²) in [5, 5.41) is 12.2. The van der Waals surface area contributed by atoms with Crippen molar-refractivity contribution in [2.75, 3.05) is 24.8 Å². The minimum Gasteiger partial charge on any atom is -0.507 e. The molecule has 2 heterocycles. The number of anilines is 1. The maximum Gasteiger partial charge on any atom is 0.231 e. The minimum absolute atomic E-state index is 0.00113. The van der Waals surface area contributed by atoms with Crippen molar-refractivity contribution < 1.29 is 14.6 Å². The summed E-state index contributed by atoms with van der Waals surface area (Å²) >= 11 is 6.46. The highest BCUT2D eigenvalue weighted by molar-refractivity contribution is 6.21. The Bertz CT molecular complexity index is 759. The molecule has 4 nitrogen and oxygen atoms in total. The van der Waals surface area contributed by atoms with E-state index >= 15 is 0 Å². The van der Waals surface area contributed by atoms with Crippen molar-refractivity contribution in [3.05, 3.63) is 23.8 Å². The monoisotopic (exact) mass is 319 g/mol. The second-order valence-corrected chi connectivity index (χ2v) is 6.56. The molecule has 116 valence electrons. The van der Waals surface area contributed by atoms with Gasteiger partial charge in [0.1, 0.15) is 5.75 Å². The van der Waals surface area contributed by atoms with Gasteiger partial charge in [-0.25, -0.2) is 0 Å². The van der Waals surface area contributed by atoms with E-state index in [1.54, 1.807) is 0 Å². The van der Waals surface area contributed by atoms with E-state index in [1.165, 1.54) is 5.56 Å². The molecule has 4 rings (SSSR count). The normalized spacial score (nSPS) is 20.5. The van der Waals surface area contributed by atoms with Crippen LogP contribution in [-0.2, 0) is 0 Å². The summed E-state index contributed by atoms with van der Waals surface area (Å²) in [5.41, 5.74) is 2.22. The zero-order valence-electron chi connectivity index (χ0n) is 12.6. The lowest BCUT2D eigenvalue weighted by Crippen LogP contribution is -2.23. The summed E-state index contributed by atoms with van der Waals surface area (Å²) in [6, 6.07) is 5.59. The molecule has 2 unspecified atom stereocenters. The average Bonchev–Trinajstić information content (AvgIpc) is 3.10. The lowest BCUT2D eigenvalue weighted by Gasteiger charge is -2.18. The molecule has 0 fully saturated rings. The number of benzene rings is 2. The summed E-state index contributed by atoms with van der Waals surface area (Å²) in [6.45, 7) is 6.09. The molecule has 1 N–H and O–H groups in total. The number of hydrogen-bond donors (Lipinski definition) is 1. The molecule has 0 radical (unpaired) electrons. The second kappa shape index (κ2) is 4.85. The predicted octanol–water partition coefficient (Wildman–Crippen LogP) is 3.82. The van der Waals surface area contributed by atoms with Crippen molar-refractivity contribution in [1.29, 1.82) is 0 Å². The van der Waals surface area contributed by atoms with Crippen molar-refractivity contribution in [2.24, 2.45) is 0 Å². The molecular formula is C17H18ClNO3. The highest BCUT2D eigenvalue weighted by Gasteiger charge is 2.36. The fraction of sp³-hybridized carbons (Fsp3) is 0.412. The first kappa shape index (κ1) is 13.8. The fourth-order valence-corrected chi connectivity index (χ4v) is 3.81. The third-order valence-corrected chi connectivity index (χ3v) is 5.00. The molecule has 0 saturated carbocycles. The van der Waals surface area contributed by atoms with E-state index in [-0.39, 0.29) is 23.8 Å². The van der Waals surface area contributed by atoms with Crippen molar-refractivity contribution in [1.82, 2.24) is 0 Å². The number of rotatable bonds is 2. The van der Waals surface area contributed by atoms with Crippen LogP contribution in [0.15, 0.2) is 18.2 Å². The van der Waals surface area contributed by atoms with Gasteiger partial charge in [0.15, 0.2) is 11.5 Å². The van der Waals surface area contributed by atoms with Crippen molar-refractivity contribution in [3.8, 4) is 17.2 Å². The Kier molecular flexibility index (Phi) is 3.05. The fourth-order valence-electron chi connectivity index (χ4n) is 3.60. The molecule has 0 spiro atoms. The van der Waals surface area contributed by atoms with Crippen LogP contribution >= 0.6 is 11.6 Å². The Balaban J connectivity index is 2.09. The summed E-state index contributed by atoms with van der Waals surface area (Å²) in [5.74, 6) is 1.94. The third-order valence-electron chi connectivity index (χ3n) is 4.70. The summed E-state index contributed by atoms with van der Waals surface area (Å²) in [6.07, 6.45) is 0. The minimum atomic E-state index is 0.00113. The van der Waals surface area contributed by atoms with Crippen LogP contribution in [0.4, 0.5) is 5.69 Å². The number of ether oxygens (including phenoxy) is 2. The average molecular weight is 320 g/mol. The molecule has 22 heavy (non-hydrogen) atoms. The van der Waals surface area contributed by atoms with E-state index in [4.69, 9.17) is 21.1 Å². The van der Waals surface area contributed by atoms with E-state index in [1.807, 2.05) is 25.1 Å². The number of phenols is 1. The molecule has 0 bridgehead atoms. The van der Waals surface area contributed by atoms with Crippen molar-refractivity contribution in [3.63, 3.8) is 0 Å². The zero-order chi connectivity index (χ0) is 15.4. The smallest absolute Gasteiger partial charge is 0.231 e. The summed E-state index contributed by atoms with van der Waals surface area (Å²) in [4.78, 5) is 2.26. The van der Waals surface area contributed by atoms with Gasteiger partial charge in [0.05, 0.1) is 0 Å². The Hall–Kier alpha value is -1.81. The van der Waals surface area contributed by atoms with Crippen LogP contribution in [0.2, 0.25) is 0 Å². The Morgan fingerprint density at radius 3 is 2.95 bits per heavy atom. The van der Waals surface area contributed by atoms with Gasteiger partial charge in [-0.2, -0.15) is 0 Å². The first-order valence-corrected chi connectivity index (χ1v) is 8.02. The Labute approximate surface area is 134 Å². The second-order valence-electron chi connectivity index (χ2n) is 5.87. The van der Waals surface area contributed by atoms with Crippen LogP contribution in [0.3, 0.4) is 0 Å². The van der Waals surface area contributed by atoms with Gasteiger partial charge in [-0.05, 0) is 31.5 Å². The first-order chi connectivity index (χ1) is 10.6. The zero-order valence-corrected chi connectivity index (χ0v) is 13.4. The molecule has 2 aromatic rings. The number of hydrogen-bond acceptors (Lipinski definition) is 4. The van der Waals surface area contributed by atoms with Crippen LogP contribution in [-0.4, -0.2) is 30.4 Å². The lowest BCUT2D eigenvalue weighted by atomic mass is 9.91. The lowest BCUT2D eigenvalue weighted by molar-refractivity contribution is 0.175. The Morgan fingerprint density at radius 2 is 2.23 bits per heavy atom. The van der Waals surface area contributed by atoms with Gasteiger partial charge in [0.2, 0.25) is 6.79 Å². The van der Waals surface area contributed by atoms with E-state index in [0.717, 1.165) is 41.0 Å². The largest absolute Gasteiger partial charge is 0.507 e. The van der Waals surface area contributed by atoms with Crippen LogP contribution in [0.5, 0.6) is 17.2 Å². The van der Waals surface area contributed by atoms with Crippen molar-refractivity contribution >= 4 is 28.1 Å². The maximum atomic E-state index is 10.4. The highest BCUT2D eigenvalue weighted by atomic mass is 35.5. The topological polar surface area (TPSA) is 41.9 Å². The number of alkyl halides is 1. The third kappa shape index (κ3) is 1.76. The number of halogens is 1. The number of aromatic hydroxyl groups is 1. The molecule has 0 aromatic heterocycles. The number of fused-ring (bicyclic) bond motifs is 5. The van der Waals surface area contributed by atoms with Gasteiger partial charge in [-0.3, -0.25) is 0 Å². The standard InChI is InChI=1S/C17H18ClNO3/c1-3-19-7-11(9(2)18)15-12(19)6-13(20)10-4-5-14-17(16(10)15)22-8-21-14/h4-6,9,11,20H,3,7-8H2,1-2H3. The number of nitrogens with zero attached hydrogens (tertiary/aromatic N) is 1. The van der Waals surface area contributed by atoms with Crippen LogP contribution in [0.25, 0.3) is 10.8 Å². The van der Waals surface area contributed by atoms with Gasteiger partial charge < -0.3 is 19.5 Å². The van der Waals surface area contributed by atoms with Crippen LogP contribution in [0.1, 0.15) is 25.3 Å². The molecule has 2 aliphatic rings. The predicted molar refractivity (Wildman–Crippen MR) is 87.7 cm³/mol.